The van der Waals surface area contributed by atoms with Crippen LogP contribution in [0, 0.1) is 0 Å². The van der Waals surface area contributed by atoms with E-state index in [-0.39, 0.29) is 35.7 Å². The second kappa shape index (κ2) is 9.84. The third kappa shape index (κ3) is 4.94. The predicted molar refractivity (Wildman–Crippen MR) is 147 cm³/mol. The Hall–Kier alpha value is -3.62. The first-order valence-corrected chi connectivity index (χ1v) is 14.1. The molecule has 4 atom stereocenters. The number of hydrogen-bond donors (Lipinski definition) is 2. The molecule has 9 nitrogen and oxygen atoms in total. The van der Waals surface area contributed by atoms with Gasteiger partial charge in [-0.05, 0) is 84.3 Å². The van der Waals surface area contributed by atoms with Gasteiger partial charge < -0.3 is 20.1 Å². The predicted octanol–water partition coefficient (Wildman–Crippen LogP) is 5.18. The number of rotatable bonds is 5. The zero-order valence-corrected chi connectivity index (χ0v) is 22.9. The molecule has 3 aliphatic carbocycles. The van der Waals surface area contributed by atoms with Crippen LogP contribution < -0.4 is 10.6 Å². The summed E-state index contributed by atoms with van der Waals surface area (Å²) in [5.41, 5.74) is 2.78. The number of amides is 1. The second-order valence-electron chi connectivity index (χ2n) is 12.2. The van der Waals surface area contributed by atoms with E-state index in [1.807, 2.05) is 49.6 Å². The maximum atomic E-state index is 13.0. The van der Waals surface area contributed by atoms with Crippen LogP contribution in [0.3, 0.4) is 0 Å². The normalized spacial score (nSPS) is 26.1. The van der Waals surface area contributed by atoms with Crippen molar-refractivity contribution in [2.24, 2.45) is 0 Å². The topological polar surface area (TPSA) is 107 Å². The quantitative estimate of drug-likeness (QED) is 0.437. The van der Waals surface area contributed by atoms with Crippen molar-refractivity contribution in [3.05, 3.63) is 59.4 Å². The minimum absolute atomic E-state index is 0.0586. The number of aromatic nitrogens is 3. The molecule has 2 N–H and O–H groups in total. The second-order valence-corrected chi connectivity index (χ2v) is 12.2. The molecule has 1 aromatic carbocycles. The average Bonchev–Trinajstić information content (AvgIpc) is 3.68. The molecule has 0 unspecified atom stereocenters. The van der Waals surface area contributed by atoms with Gasteiger partial charge in [0.25, 0.3) is 0 Å². The molecule has 2 saturated carbocycles. The van der Waals surface area contributed by atoms with E-state index in [1.54, 1.807) is 18.3 Å². The number of nitrogens with one attached hydrogen (secondary N) is 2. The van der Waals surface area contributed by atoms with Crippen LogP contribution in [-0.2, 0) is 21.3 Å². The largest absolute Gasteiger partial charge is 0.458 e. The third-order valence-corrected chi connectivity index (χ3v) is 8.38. The molecule has 2 aromatic heterocycles. The molecule has 3 aromatic rings. The summed E-state index contributed by atoms with van der Waals surface area (Å²) < 4.78 is 13.5. The van der Waals surface area contributed by atoms with Crippen molar-refractivity contribution >= 4 is 23.5 Å². The highest BCUT2D eigenvalue weighted by atomic mass is 16.6. The van der Waals surface area contributed by atoms with Crippen LogP contribution in [0.25, 0.3) is 5.65 Å². The maximum absolute atomic E-state index is 13.0. The molecular formula is C30H37N5O4. The molecule has 2 fully saturated rings. The van der Waals surface area contributed by atoms with E-state index in [0.29, 0.717) is 5.56 Å². The lowest BCUT2D eigenvalue weighted by atomic mass is 9.81. The number of hydrogen-bond acceptors (Lipinski definition) is 7. The standard InChI is InChI=1S/C30H37N5O4/c1-29(2,3)39-28(37)33-21-12-11-20(18-21)32-26-22-13-16-30(25(22)34-24-14-17-31-35(24)26)15-7-10-23(30)38-27(36)19-8-5-4-6-9-19/h4-6,8-9,14,17,20-21,23,32H,7,10-13,15-16,18H2,1-3H3,(H,33,37)/t20-,21-,23+,30+/m0/s1. The number of benzene rings is 1. The van der Waals surface area contributed by atoms with Crippen LogP contribution in [0.15, 0.2) is 42.6 Å². The van der Waals surface area contributed by atoms with Gasteiger partial charge in [-0.1, -0.05) is 18.2 Å². The highest BCUT2D eigenvalue weighted by Gasteiger charge is 2.52. The summed E-state index contributed by atoms with van der Waals surface area (Å²) in [5, 5.41) is 11.4. The fourth-order valence-corrected chi connectivity index (χ4v) is 6.69. The van der Waals surface area contributed by atoms with Crippen molar-refractivity contribution in [2.45, 2.75) is 101 Å². The molecule has 1 amide bonds. The van der Waals surface area contributed by atoms with E-state index >= 15 is 0 Å². The lowest BCUT2D eigenvalue weighted by Gasteiger charge is -2.31. The van der Waals surface area contributed by atoms with Crippen molar-refractivity contribution in [1.29, 1.82) is 0 Å². The Kier molecular flexibility index (Phi) is 6.47. The Labute approximate surface area is 228 Å². The van der Waals surface area contributed by atoms with Crippen LogP contribution in [-0.4, -0.2) is 50.4 Å². The van der Waals surface area contributed by atoms with E-state index in [2.05, 4.69) is 15.7 Å². The van der Waals surface area contributed by atoms with E-state index in [4.69, 9.17) is 14.5 Å². The Morgan fingerprint density at radius 2 is 1.85 bits per heavy atom. The molecule has 1 spiro atoms. The molecule has 0 radical (unpaired) electrons. The number of esters is 1. The van der Waals surface area contributed by atoms with Crippen LogP contribution in [0.5, 0.6) is 0 Å². The number of carbonyl (C=O) groups excluding carboxylic acids is 2. The molecule has 0 saturated heterocycles. The summed E-state index contributed by atoms with van der Waals surface area (Å²) in [6.45, 7) is 5.61. The molecular weight excluding hydrogens is 494 g/mol. The summed E-state index contributed by atoms with van der Waals surface area (Å²) in [6.07, 6.45) is 8.38. The van der Waals surface area contributed by atoms with Gasteiger partial charge in [-0.25, -0.2) is 14.6 Å². The minimum Gasteiger partial charge on any atom is -0.458 e. The van der Waals surface area contributed by atoms with Crippen LogP contribution in [0.4, 0.5) is 10.6 Å². The first-order valence-electron chi connectivity index (χ1n) is 14.1. The molecule has 0 bridgehead atoms. The van der Waals surface area contributed by atoms with Gasteiger partial charge in [0.05, 0.1) is 22.9 Å². The average molecular weight is 532 g/mol. The Balaban J connectivity index is 1.23. The van der Waals surface area contributed by atoms with Crippen molar-refractivity contribution in [1.82, 2.24) is 19.9 Å². The van der Waals surface area contributed by atoms with Gasteiger partial charge in [-0.15, -0.1) is 0 Å². The third-order valence-electron chi connectivity index (χ3n) is 8.38. The van der Waals surface area contributed by atoms with E-state index in [1.165, 1.54) is 0 Å². The zero-order chi connectivity index (χ0) is 27.2. The van der Waals surface area contributed by atoms with E-state index < -0.39 is 5.60 Å². The SMILES string of the molecule is CC(C)(C)OC(=O)N[C@H]1CC[C@H](Nc2c3c(nc4ccnn24)[C@]2(CCC[C@H]2OC(=O)c2ccccc2)CC3)C1. The first-order chi connectivity index (χ1) is 18.7. The lowest BCUT2D eigenvalue weighted by Crippen LogP contribution is -2.38. The summed E-state index contributed by atoms with van der Waals surface area (Å²) in [5.74, 6) is 0.702. The molecule has 6 rings (SSSR count). The number of fused-ring (bicyclic) bond motifs is 3. The molecule has 0 aliphatic heterocycles. The van der Waals surface area contributed by atoms with Crippen molar-refractivity contribution in [3.8, 4) is 0 Å². The Morgan fingerprint density at radius 3 is 2.64 bits per heavy atom. The van der Waals surface area contributed by atoms with E-state index in [0.717, 1.165) is 74.1 Å². The van der Waals surface area contributed by atoms with Gasteiger partial charge in [0.1, 0.15) is 17.5 Å². The van der Waals surface area contributed by atoms with Gasteiger partial charge in [-0.2, -0.15) is 9.61 Å². The van der Waals surface area contributed by atoms with Gasteiger partial charge in [-0.3, -0.25) is 0 Å². The lowest BCUT2D eigenvalue weighted by molar-refractivity contribution is 0.0132. The fraction of sp³-hybridized carbons (Fsp3) is 0.533. The van der Waals surface area contributed by atoms with Gasteiger partial charge >= 0.3 is 12.1 Å². The smallest absolute Gasteiger partial charge is 0.407 e. The molecule has 9 heteroatoms. The summed E-state index contributed by atoms with van der Waals surface area (Å²) in [7, 11) is 0. The maximum Gasteiger partial charge on any atom is 0.407 e. The van der Waals surface area contributed by atoms with E-state index in [9.17, 15) is 9.59 Å². The number of alkyl carbamates (subject to hydrolysis) is 1. The van der Waals surface area contributed by atoms with Crippen LogP contribution >= 0.6 is 0 Å². The van der Waals surface area contributed by atoms with Gasteiger partial charge in [0, 0.05) is 23.7 Å². The zero-order valence-electron chi connectivity index (χ0n) is 22.9. The highest BCUT2D eigenvalue weighted by molar-refractivity contribution is 5.89. The number of ether oxygens (including phenoxy) is 2. The molecule has 3 aliphatic rings. The van der Waals surface area contributed by atoms with Crippen molar-refractivity contribution < 1.29 is 19.1 Å². The number of anilines is 1. The van der Waals surface area contributed by atoms with Gasteiger partial charge in [0.2, 0.25) is 0 Å². The minimum atomic E-state index is -0.521. The van der Waals surface area contributed by atoms with Gasteiger partial charge in [0.15, 0.2) is 5.65 Å². The molecule has 2 heterocycles. The monoisotopic (exact) mass is 531 g/mol. The number of carbonyl (C=O) groups is 2. The summed E-state index contributed by atoms with van der Waals surface area (Å²) in [4.78, 5) is 30.4. The summed E-state index contributed by atoms with van der Waals surface area (Å²) in [6, 6.07) is 11.4. The molecule has 39 heavy (non-hydrogen) atoms. The number of nitrogens with zero attached hydrogens (tertiary/aromatic N) is 3. The fourth-order valence-electron chi connectivity index (χ4n) is 6.69. The van der Waals surface area contributed by atoms with Crippen molar-refractivity contribution in [2.75, 3.05) is 5.32 Å². The molecule has 206 valence electrons. The first kappa shape index (κ1) is 25.6. The Bertz CT molecular complexity index is 1380. The van der Waals surface area contributed by atoms with Crippen molar-refractivity contribution in [3.63, 3.8) is 0 Å². The Morgan fingerprint density at radius 1 is 1.05 bits per heavy atom. The highest BCUT2D eigenvalue weighted by Crippen LogP contribution is 2.52. The van der Waals surface area contributed by atoms with Crippen LogP contribution in [0.2, 0.25) is 0 Å². The summed E-state index contributed by atoms with van der Waals surface area (Å²) >= 11 is 0. The van der Waals surface area contributed by atoms with Crippen LogP contribution in [0.1, 0.15) is 87.3 Å².